The summed E-state index contributed by atoms with van der Waals surface area (Å²) >= 11 is 0. The lowest BCUT2D eigenvalue weighted by Gasteiger charge is -2.36. The number of hydrogen-bond donors (Lipinski definition) is 1. The summed E-state index contributed by atoms with van der Waals surface area (Å²) in [6, 6.07) is 0.705. The Bertz CT molecular complexity index is 164. The monoisotopic (exact) mass is 214 g/mol. The van der Waals surface area contributed by atoms with Crippen LogP contribution in [0.1, 0.15) is 32.6 Å². The van der Waals surface area contributed by atoms with E-state index in [9.17, 15) is 0 Å². The van der Waals surface area contributed by atoms with Gasteiger partial charge in [-0.05, 0) is 52.7 Å². The Kier molecular flexibility index (Phi) is 6.22. The van der Waals surface area contributed by atoms with Crippen molar-refractivity contribution in [2.24, 2.45) is 0 Å². The molecule has 1 N–H and O–H groups in total. The Morgan fingerprint density at radius 1 is 1.53 bits per heavy atom. The molecule has 0 aromatic rings. The lowest BCUT2D eigenvalue weighted by atomic mass is 10.0. The summed E-state index contributed by atoms with van der Waals surface area (Å²) in [4.78, 5) is 2.58. The average Bonchev–Trinajstić information content (AvgIpc) is 2.29. The van der Waals surface area contributed by atoms with Gasteiger partial charge in [0.25, 0.3) is 0 Å². The lowest BCUT2D eigenvalue weighted by molar-refractivity contribution is 0.0159. The van der Waals surface area contributed by atoms with Crippen LogP contribution in [0, 0.1) is 0 Å². The molecule has 0 aromatic heterocycles. The van der Waals surface area contributed by atoms with E-state index in [1.54, 1.807) is 0 Å². The highest BCUT2D eigenvalue weighted by molar-refractivity contribution is 4.77. The molecule has 0 saturated carbocycles. The number of methoxy groups -OCH3 is 1. The molecule has 1 aliphatic rings. The minimum absolute atomic E-state index is 0.463. The molecule has 1 saturated heterocycles. The summed E-state index contributed by atoms with van der Waals surface area (Å²) < 4.78 is 5.44. The number of piperidine rings is 1. The summed E-state index contributed by atoms with van der Waals surface area (Å²) in [6.07, 6.45) is 5.54. The van der Waals surface area contributed by atoms with Crippen molar-refractivity contribution in [3.8, 4) is 0 Å². The van der Waals surface area contributed by atoms with Crippen LogP contribution in [0.4, 0.5) is 0 Å². The van der Waals surface area contributed by atoms with E-state index in [0.717, 1.165) is 13.1 Å². The van der Waals surface area contributed by atoms with E-state index in [1.807, 2.05) is 14.2 Å². The summed E-state index contributed by atoms with van der Waals surface area (Å²) in [7, 11) is 3.85. The van der Waals surface area contributed by atoms with Crippen molar-refractivity contribution >= 4 is 0 Å². The second-order valence-electron chi connectivity index (χ2n) is 4.59. The molecule has 3 nitrogen and oxygen atoms in total. The maximum atomic E-state index is 5.44. The maximum absolute atomic E-state index is 5.44. The van der Waals surface area contributed by atoms with Gasteiger partial charge in [0.15, 0.2) is 0 Å². The van der Waals surface area contributed by atoms with Crippen molar-refractivity contribution < 1.29 is 4.74 Å². The molecule has 1 rings (SSSR count). The number of nitrogens with one attached hydrogen (secondary N) is 1. The van der Waals surface area contributed by atoms with Gasteiger partial charge in [-0.2, -0.15) is 0 Å². The fourth-order valence-electron chi connectivity index (χ4n) is 2.32. The van der Waals surface area contributed by atoms with Gasteiger partial charge in [-0.1, -0.05) is 0 Å². The molecular formula is C12H26N2O. The Morgan fingerprint density at radius 3 is 3.00 bits per heavy atom. The quantitative estimate of drug-likeness (QED) is 0.678. The molecule has 90 valence electrons. The fraction of sp³-hybridized carbons (Fsp3) is 1.00. The van der Waals surface area contributed by atoms with Crippen LogP contribution in [-0.2, 0) is 4.74 Å². The SMILES string of the molecule is CNCCCC(C)N1CCCC(OC)C1. The van der Waals surface area contributed by atoms with Crippen LogP contribution in [0.25, 0.3) is 0 Å². The highest BCUT2D eigenvalue weighted by atomic mass is 16.5. The van der Waals surface area contributed by atoms with Crippen LogP contribution in [0.15, 0.2) is 0 Å². The number of hydrogen-bond acceptors (Lipinski definition) is 3. The lowest BCUT2D eigenvalue weighted by Crippen LogP contribution is -2.44. The predicted octanol–water partition coefficient (Wildman–Crippen LogP) is 1.49. The van der Waals surface area contributed by atoms with Crippen molar-refractivity contribution in [3.63, 3.8) is 0 Å². The zero-order valence-electron chi connectivity index (χ0n) is 10.5. The van der Waals surface area contributed by atoms with Gasteiger partial charge in [-0.3, -0.25) is 4.90 Å². The third-order valence-corrected chi connectivity index (χ3v) is 3.41. The van der Waals surface area contributed by atoms with Gasteiger partial charge in [-0.15, -0.1) is 0 Å². The van der Waals surface area contributed by atoms with Gasteiger partial charge in [0.05, 0.1) is 6.10 Å². The molecule has 1 aliphatic heterocycles. The molecule has 1 fully saturated rings. The van der Waals surface area contributed by atoms with Crippen LogP contribution >= 0.6 is 0 Å². The standard InChI is InChI=1S/C12H26N2O/c1-11(6-4-8-13-2)14-9-5-7-12(10-14)15-3/h11-13H,4-10H2,1-3H3. The topological polar surface area (TPSA) is 24.5 Å². The predicted molar refractivity (Wildman–Crippen MR) is 64.2 cm³/mol. The molecule has 0 aliphatic carbocycles. The van der Waals surface area contributed by atoms with Crippen LogP contribution < -0.4 is 5.32 Å². The number of likely N-dealkylation sites (tertiary alicyclic amines) is 1. The van der Waals surface area contributed by atoms with Gasteiger partial charge in [0.1, 0.15) is 0 Å². The van der Waals surface area contributed by atoms with E-state index in [4.69, 9.17) is 4.74 Å². The molecule has 1 heterocycles. The van der Waals surface area contributed by atoms with Gasteiger partial charge < -0.3 is 10.1 Å². The average molecular weight is 214 g/mol. The normalized spacial score (nSPS) is 25.4. The van der Waals surface area contributed by atoms with Crippen molar-refractivity contribution in [1.29, 1.82) is 0 Å². The number of rotatable bonds is 6. The van der Waals surface area contributed by atoms with E-state index in [0.29, 0.717) is 12.1 Å². The minimum Gasteiger partial charge on any atom is -0.380 e. The Morgan fingerprint density at radius 2 is 2.33 bits per heavy atom. The second-order valence-corrected chi connectivity index (χ2v) is 4.59. The molecule has 0 spiro atoms. The highest BCUT2D eigenvalue weighted by Crippen LogP contribution is 2.17. The third kappa shape index (κ3) is 4.49. The van der Waals surface area contributed by atoms with Gasteiger partial charge in [0, 0.05) is 19.7 Å². The number of nitrogens with zero attached hydrogens (tertiary/aromatic N) is 1. The largest absolute Gasteiger partial charge is 0.380 e. The van der Waals surface area contributed by atoms with Crippen molar-refractivity contribution in [3.05, 3.63) is 0 Å². The first kappa shape index (κ1) is 12.9. The van der Waals surface area contributed by atoms with Crippen molar-refractivity contribution in [2.75, 3.05) is 33.8 Å². The minimum atomic E-state index is 0.463. The molecule has 2 atom stereocenters. The van der Waals surface area contributed by atoms with E-state index in [2.05, 4.69) is 17.1 Å². The summed E-state index contributed by atoms with van der Waals surface area (Å²) in [6.45, 7) is 5.84. The Labute approximate surface area is 94.2 Å². The molecule has 15 heavy (non-hydrogen) atoms. The molecule has 0 aromatic carbocycles. The Balaban J connectivity index is 2.22. The first-order valence-electron chi connectivity index (χ1n) is 6.19. The van der Waals surface area contributed by atoms with Crippen molar-refractivity contribution in [1.82, 2.24) is 10.2 Å². The molecule has 0 bridgehead atoms. The van der Waals surface area contributed by atoms with Crippen LogP contribution in [0.2, 0.25) is 0 Å². The molecule has 2 unspecified atom stereocenters. The molecule has 3 heteroatoms. The summed E-state index contributed by atoms with van der Waals surface area (Å²) in [5, 5.41) is 3.20. The third-order valence-electron chi connectivity index (χ3n) is 3.41. The summed E-state index contributed by atoms with van der Waals surface area (Å²) in [5.41, 5.74) is 0. The van der Waals surface area contributed by atoms with E-state index < -0.39 is 0 Å². The van der Waals surface area contributed by atoms with Gasteiger partial charge >= 0.3 is 0 Å². The van der Waals surface area contributed by atoms with Crippen LogP contribution in [-0.4, -0.2) is 50.8 Å². The Hall–Kier alpha value is -0.120. The number of ether oxygens (including phenoxy) is 1. The zero-order chi connectivity index (χ0) is 11.1. The summed E-state index contributed by atoms with van der Waals surface area (Å²) in [5.74, 6) is 0. The second kappa shape index (κ2) is 7.20. The maximum Gasteiger partial charge on any atom is 0.0698 e. The van der Waals surface area contributed by atoms with Gasteiger partial charge in [0.2, 0.25) is 0 Å². The van der Waals surface area contributed by atoms with Crippen LogP contribution in [0.5, 0.6) is 0 Å². The van der Waals surface area contributed by atoms with Crippen molar-refractivity contribution in [2.45, 2.75) is 44.8 Å². The fourth-order valence-corrected chi connectivity index (χ4v) is 2.32. The molecular weight excluding hydrogens is 188 g/mol. The van der Waals surface area contributed by atoms with Gasteiger partial charge in [-0.25, -0.2) is 0 Å². The molecule has 0 amide bonds. The first-order valence-corrected chi connectivity index (χ1v) is 6.19. The van der Waals surface area contributed by atoms with E-state index in [-0.39, 0.29) is 0 Å². The van der Waals surface area contributed by atoms with E-state index >= 15 is 0 Å². The molecule has 0 radical (unpaired) electrons. The zero-order valence-corrected chi connectivity index (χ0v) is 10.5. The highest BCUT2D eigenvalue weighted by Gasteiger charge is 2.22. The first-order chi connectivity index (χ1) is 7.27. The smallest absolute Gasteiger partial charge is 0.0698 e. The van der Waals surface area contributed by atoms with Crippen LogP contribution in [0.3, 0.4) is 0 Å². The van der Waals surface area contributed by atoms with E-state index in [1.165, 1.54) is 32.2 Å².